The maximum atomic E-state index is 5.36. The van der Waals surface area contributed by atoms with Crippen molar-refractivity contribution in [2.24, 2.45) is 0 Å². The SMILES string of the molecule is CC(Cl)Cl.CC=Cc1ccccc1.ClC=Cc1ccccc1. The standard InChI is InChI=1S/C9H10.C8H7Cl.C2H4Cl2/c1-2-6-9-7-4-3-5-8-9;9-7-6-8-4-2-1-3-5-8;1-2(3)4/h2-8H,1H3;1-7H;2H,1H3. The molecule has 0 N–H and O–H groups in total. The third kappa shape index (κ3) is 13.8. The minimum atomic E-state index is -0.222. The van der Waals surface area contributed by atoms with E-state index in [1.807, 2.05) is 67.6 Å². The lowest BCUT2D eigenvalue weighted by Gasteiger charge is -1.86. The van der Waals surface area contributed by atoms with Crippen molar-refractivity contribution in [3.63, 3.8) is 0 Å². The molecule has 0 spiro atoms. The monoisotopic (exact) mass is 354 g/mol. The molecule has 0 saturated heterocycles. The largest absolute Gasteiger partial charge is 0.106 e. The van der Waals surface area contributed by atoms with Crippen LogP contribution in [-0.4, -0.2) is 4.84 Å². The van der Waals surface area contributed by atoms with Gasteiger partial charge in [-0.05, 0) is 31.1 Å². The summed E-state index contributed by atoms with van der Waals surface area (Å²) in [4.78, 5) is -0.222. The molecular formula is C19H21Cl3. The molecule has 0 unspecified atom stereocenters. The van der Waals surface area contributed by atoms with E-state index in [9.17, 15) is 0 Å². The molecule has 0 bridgehead atoms. The Balaban J connectivity index is 0.000000326. The Kier molecular flexibility index (Phi) is 13.9. The number of hydrogen-bond acceptors (Lipinski definition) is 0. The summed E-state index contributed by atoms with van der Waals surface area (Å²) in [6, 6.07) is 20.2. The highest BCUT2D eigenvalue weighted by Crippen LogP contribution is 2.01. The van der Waals surface area contributed by atoms with E-state index in [0.717, 1.165) is 5.56 Å². The molecule has 22 heavy (non-hydrogen) atoms. The average Bonchev–Trinajstić information content (AvgIpc) is 2.50. The Morgan fingerprint density at radius 3 is 1.45 bits per heavy atom. The van der Waals surface area contributed by atoms with Crippen LogP contribution >= 0.6 is 34.8 Å². The molecule has 0 nitrogen and oxygen atoms in total. The van der Waals surface area contributed by atoms with Crippen LogP contribution in [0.2, 0.25) is 0 Å². The molecule has 0 aromatic heterocycles. The van der Waals surface area contributed by atoms with Crippen molar-refractivity contribution in [1.29, 1.82) is 0 Å². The van der Waals surface area contributed by atoms with Gasteiger partial charge in [-0.25, -0.2) is 0 Å². The predicted octanol–water partition coefficient (Wildman–Crippen LogP) is 7.43. The molecule has 0 aliphatic carbocycles. The van der Waals surface area contributed by atoms with E-state index in [4.69, 9.17) is 34.8 Å². The van der Waals surface area contributed by atoms with Gasteiger partial charge in [-0.1, -0.05) is 84.4 Å². The Morgan fingerprint density at radius 1 is 0.773 bits per heavy atom. The molecule has 0 atom stereocenters. The minimum Gasteiger partial charge on any atom is -0.106 e. The van der Waals surface area contributed by atoms with E-state index in [1.165, 1.54) is 11.1 Å². The Bertz CT molecular complexity index is 467. The highest BCUT2D eigenvalue weighted by atomic mass is 35.5. The fourth-order valence-electron chi connectivity index (χ4n) is 1.39. The van der Waals surface area contributed by atoms with Crippen molar-refractivity contribution in [2.75, 3.05) is 0 Å². The number of benzene rings is 2. The molecule has 0 fully saturated rings. The van der Waals surface area contributed by atoms with E-state index < -0.39 is 0 Å². The second-order valence-corrected chi connectivity index (χ2v) is 5.92. The summed E-state index contributed by atoms with van der Waals surface area (Å²) in [5.74, 6) is 0. The summed E-state index contributed by atoms with van der Waals surface area (Å²) in [5.41, 5.74) is 3.91. The molecule has 2 aromatic rings. The maximum Gasteiger partial charge on any atom is 0.105 e. The van der Waals surface area contributed by atoms with Gasteiger partial charge in [-0.2, -0.15) is 0 Å². The van der Waals surface area contributed by atoms with Crippen LogP contribution < -0.4 is 0 Å². The highest BCUT2D eigenvalue weighted by Gasteiger charge is 1.78. The van der Waals surface area contributed by atoms with Crippen LogP contribution in [0.4, 0.5) is 0 Å². The lowest BCUT2D eigenvalue weighted by molar-refractivity contribution is 1.39. The molecule has 0 aliphatic heterocycles. The molecular weight excluding hydrogens is 335 g/mol. The maximum absolute atomic E-state index is 5.36. The molecule has 0 amide bonds. The van der Waals surface area contributed by atoms with Crippen LogP contribution in [0.3, 0.4) is 0 Å². The van der Waals surface area contributed by atoms with E-state index in [0.29, 0.717) is 0 Å². The lowest BCUT2D eigenvalue weighted by Crippen LogP contribution is -1.65. The van der Waals surface area contributed by atoms with Crippen molar-refractivity contribution in [3.05, 3.63) is 83.4 Å². The van der Waals surface area contributed by atoms with Gasteiger partial charge in [0.1, 0.15) is 4.84 Å². The van der Waals surface area contributed by atoms with Crippen LogP contribution in [0.25, 0.3) is 12.2 Å². The minimum absolute atomic E-state index is 0.222. The summed E-state index contributed by atoms with van der Waals surface area (Å²) < 4.78 is 0. The zero-order valence-electron chi connectivity index (χ0n) is 12.8. The summed E-state index contributed by atoms with van der Waals surface area (Å²) >= 11 is 15.4. The van der Waals surface area contributed by atoms with Crippen molar-refractivity contribution < 1.29 is 0 Å². The number of allylic oxidation sites excluding steroid dienone is 1. The van der Waals surface area contributed by atoms with Crippen LogP contribution in [-0.2, 0) is 0 Å². The molecule has 2 aromatic carbocycles. The molecule has 3 heteroatoms. The van der Waals surface area contributed by atoms with Gasteiger partial charge in [0, 0.05) is 5.54 Å². The second kappa shape index (κ2) is 14.7. The quantitative estimate of drug-likeness (QED) is 0.491. The molecule has 0 radical (unpaired) electrons. The van der Waals surface area contributed by atoms with Gasteiger partial charge in [-0.3, -0.25) is 0 Å². The van der Waals surface area contributed by atoms with Crippen molar-refractivity contribution >= 4 is 47.0 Å². The smallest absolute Gasteiger partial charge is 0.105 e. The van der Waals surface area contributed by atoms with Crippen molar-refractivity contribution in [3.8, 4) is 0 Å². The number of halogens is 3. The van der Waals surface area contributed by atoms with Crippen LogP contribution in [0, 0.1) is 0 Å². The first-order valence-electron chi connectivity index (χ1n) is 6.87. The van der Waals surface area contributed by atoms with Gasteiger partial charge in [0.25, 0.3) is 0 Å². The first-order chi connectivity index (χ1) is 10.6. The fraction of sp³-hybridized carbons (Fsp3) is 0.158. The van der Waals surface area contributed by atoms with Gasteiger partial charge in [0.15, 0.2) is 0 Å². The normalized spacial score (nSPS) is 10.1. The van der Waals surface area contributed by atoms with E-state index >= 15 is 0 Å². The van der Waals surface area contributed by atoms with E-state index in [1.54, 1.807) is 6.92 Å². The van der Waals surface area contributed by atoms with Crippen LogP contribution in [0.5, 0.6) is 0 Å². The van der Waals surface area contributed by atoms with E-state index in [2.05, 4.69) is 18.2 Å². The Morgan fingerprint density at radius 2 is 1.14 bits per heavy atom. The topological polar surface area (TPSA) is 0 Å². The highest BCUT2D eigenvalue weighted by molar-refractivity contribution is 6.43. The Hall–Kier alpha value is -1.21. The summed E-state index contributed by atoms with van der Waals surface area (Å²) in [7, 11) is 0. The average molecular weight is 356 g/mol. The molecule has 2 rings (SSSR count). The summed E-state index contributed by atoms with van der Waals surface area (Å²) in [6.07, 6.45) is 5.97. The number of alkyl halides is 2. The van der Waals surface area contributed by atoms with Gasteiger partial charge >= 0.3 is 0 Å². The van der Waals surface area contributed by atoms with Gasteiger partial charge in [0.05, 0.1) is 0 Å². The first kappa shape index (κ1) is 20.8. The molecule has 0 heterocycles. The van der Waals surface area contributed by atoms with Gasteiger partial charge in [-0.15, -0.1) is 23.2 Å². The van der Waals surface area contributed by atoms with Crippen LogP contribution in [0.1, 0.15) is 25.0 Å². The molecule has 0 aliphatic rings. The number of hydrogen-bond donors (Lipinski definition) is 0. The predicted molar refractivity (Wildman–Crippen MR) is 104 cm³/mol. The summed E-state index contributed by atoms with van der Waals surface area (Å²) in [6.45, 7) is 3.72. The Labute approximate surface area is 149 Å². The second-order valence-electron chi connectivity index (χ2n) is 4.13. The molecule has 118 valence electrons. The third-order valence-corrected chi connectivity index (χ3v) is 2.34. The number of rotatable bonds is 2. The third-order valence-electron chi connectivity index (χ3n) is 2.21. The summed E-state index contributed by atoms with van der Waals surface area (Å²) in [5, 5.41) is 0. The van der Waals surface area contributed by atoms with E-state index in [-0.39, 0.29) is 4.84 Å². The van der Waals surface area contributed by atoms with Crippen molar-refractivity contribution in [2.45, 2.75) is 18.7 Å². The van der Waals surface area contributed by atoms with Gasteiger partial charge < -0.3 is 0 Å². The molecule has 0 saturated carbocycles. The van der Waals surface area contributed by atoms with Crippen LogP contribution in [0.15, 0.2) is 72.3 Å². The van der Waals surface area contributed by atoms with Gasteiger partial charge in [0.2, 0.25) is 0 Å². The zero-order valence-corrected chi connectivity index (χ0v) is 15.1. The lowest BCUT2D eigenvalue weighted by atomic mass is 10.2. The fourth-order valence-corrected chi connectivity index (χ4v) is 1.54. The zero-order chi connectivity index (χ0) is 16.6. The first-order valence-corrected chi connectivity index (χ1v) is 8.18. The van der Waals surface area contributed by atoms with Crippen molar-refractivity contribution in [1.82, 2.24) is 0 Å².